The Kier molecular flexibility index (Phi) is 7.97. The van der Waals surface area contributed by atoms with E-state index in [4.69, 9.17) is 16.3 Å². The molecule has 0 radical (unpaired) electrons. The first-order valence-electron chi connectivity index (χ1n) is 13.2. The molecule has 2 aromatic carbocycles. The van der Waals surface area contributed by atoms with Crippen molar-refractivity contribution in [3.05, 3.63) is 59.1 Å². The lowest BCUT2D eigenvalue weighted by Gasteiger charge is -2.38. The predicted molar refractivity (Wildman–Crippen MR) is 143 cm³/mol. The Labute approximate surface area is 218 Å². The van der Waals surface area contributed by atoms with E-state index in [1.165, 1.54) is 0 Å². The molecule has 3 aliphatic heterocycles. The number of carbonyl (C=O) groups is 2. The monoisotopic (exact) mass is 510 g/mol. The Hall–Kier alpha value is -2.77. The molecule has 7 nitrogen and oxygen atoms in total. The Morgan fingerprint density at radius 3 is 2.08 bits per heavy atom. The summed E-state index contributed by atoms with van der Waals surface area (Å²) in [7, 11) is 0. The van der Waals surface area contributed by atoms with Crippen LogP contribution in [0.15, 0.2) is 48.5 Å². The van der Waals surface area contributed by atoms with Crippen LogP contribution in [-0.4, -0.2) is 73.2 Å². The molecule has 0 atom stereocenters. The van der Waals surface area contributed by atoms with Crippen molar-refractivity contribution in [2.45, 2.75) is 50.7 Å². The quantitative estimate of drug-likeness (QED) is 0.596. The molecule has 3 amide bonds. The van der Waals surface area contributed by atoms with Gasteiger partial charge >= 0.3 is 6.03 Å². The number of urea groups is 1. The number of nitrogens with one attached hydrogen (secondary N) is 1. The number of carbonyl (C=O) groups excluding carboxylic acids is 2. The van der Waals surface area contributed by atoms with Crippen molar-refractivity contribution >= 4 is 34.9 Å². The van der Waals surface area contributed by atoms with Crippen LogP contribution in [-0.2, 0) is 4.74 Å². The highest BCUT2D eigenvalue weighted by Gasteiger charge is 2.28. The molecule has 0 aromatic heterocycles. The van der Waals surface area contributed by atoms with Crippen LogP contribution in [0.2, 0.25) is 5.02 Å². The van der Waals surface area contributed by atoms with Gasteiger partial charge < -0.3 is 24.8 Å². The van der Waals surface area contributed by atoms with Crippen LogP contribution in [0.3, 0.4) is 0 Å². The normalized spacial score (nSPS) is 19.5. The molecule has 3 saturated heterocycles. The molecule has 8 heteroatoms. The van der Waals surface area contributed by atoms with E-state index in [0.29, 0.717) is 23.7 Å². The first-order valence-corrected chi connectivity index (χ1v) is 13.5. The van der Waals surface area contributed by atoms with Gasteiger partial charge in [-0.3, -0.25) is 4.79 Å². The minimum absolute atomic E-state index is 0.0414. The van der Waals surface area contributed by atoms with Gasteiger partial charge in [-0.15, -0.1) is 0 Å². The fraction of sp³-hybridized carbons (Fsp3) is 0.500. The average Bonchev–Trinajstić information content (AvgIpc) is 3.45. The number of likely N-dealkylation sites (tertiary alicyclic amines) is 2. The van der Waals surface area contributed by atoms with Crippen LogP contribution >= 0.6 is 11.6 Å². The summed E-state index contributed by atoms with van der Waals surface area (Å²) in [5.74, 6) is 0.0414. The Morgan fingerprint density at radius 1 is 0.806 bits per heavy atom. The van der Waals surface area contributed by atoms with Crippen molar-refractivity contribution in [2.75, 3.05) is 49.5 Å². The second kappa shape index (κ2) is 11.5. The second-order valence-corrected chi connectivity index (χ2v) is 10.4. The number of halogens is 1. The van der Waals surface area contributed by atoms with E-state index in [2.05, 4.69) is 10.2 Å². The van der Waals surface area contributed by atoms with Gasteiger partial charge in [0.1, 0.15) is 0 Å². The van der Waals surface area contributed by atoms with Crippen molar-refractivity contribution in [3.8, 4) is 0 Å². The maximum atomic E-state index is 12.7. The number of anilines is 2. The maximum Gasteiger partial charge on any atom is 0.321 e. The third-order valence-electron chi connectivity index (χ3n) is 7.52. The second-order valence-electron chi connectivity index (χ2n) is 9.97. The molecule has 3 heterocycles. The van der Waals surface area contributed by atoms with Gasteiger partial charge in [-0.25, -0.2) is 4.79 Å². The summed E-state index contributed by atoms with van der Waals surface area (Å²) in [4.78, 5) is 31.3. The van der Waals surface area contributed by atoms with E-state index < -0.39 is 0 Å². The molecule has 36 heavy (non-hydrogen) atoms. The minimum Gasteiger partial charge on any atom is -0.375 e. The number of hydrogen-bond donors (Lipinski definition) is 1. The zero-order valence-electron chi connectivity index (χ0n) is 20.7. The summed E-state index contributed by atoms with van der Waals surface area (Å²) >= 11 is 6.53. The van der Waals surface area contributed by atoms with Gasteiger partial charge in [0, 0.05) is 50.6 Å². The summed E-state index contributed by atoms with van der Waals surface area (Å²) in [5, 5.41) is 3.50. The first kappa shape index (κ1) is 24.9. The SMILES string of the molecule is O=C(Nc1ccccc1)N1CCC(OC2CCN(c3ccc(C(=O)N4CCCC4)c(Cl)c3)CC2)CC1. The van der Waals surface area contributed by atoms with Crippen LogP contribution in [0.5, 0.6) is 0 Å². The lowest BCUT2D eigenvalue weighted by Crippen LogP contribution is -2.45. The van der Waals surface area contributed by atoms with E-state index in [-0.39, 0.29) is 24.1 Å². The molecule has 0 saturated carbocycles. The third-order valence-corrected chi connectivity index (χ3v) is 7.84. The molecular formula is C28H35ClN4O3. The van der Waals surface area contributed by atoms with Crippen LogP contribution in [0.1, 0.15) is 48.9 Å². The molecule has 0 spiro atoms. The fourth-order valence-corrected chi connectivity index (χ4v) is 5.66. The lowest BCUT2D eigenvalue weighted by molar-refractivity contribution is -0.0459. The molecular weight excluding hydrogens is 476 g/mol. The Bertz CT molecular complexity index is 1040. The van der Waals surface area contributed by atoms with Crippen molar-refractivity contribution in [3.63, 3.8) is 0 Å². The van der Waals surface area contributed by atoms with Crippen molar-refractivity contribution in [2.24, 2.45) is 0 Å². The Balaban J connectivity index is 1.06. The van der Waals surface area contributed by atoms with Crippen molar-refractivity contribution < 1.29 is 14.3 Å². The van der Waals surface area contributed by atoms with E-state index in [1.807, 2.05) is 58.3 Å². The zero-order valence-corrected chi connectivity index (χ0v) is 21.5. The summed E-state index contributed by atoms with van der Waals surface area (Å²) in [5.41, 5.74) is 2.49. The topological polar surface area (TPSA) is 65.1 Å². The largest absolute Gasteiger partial charge is 0.375 e. The molecule has 0 aliphatic carbocycles. The summed E-state index contributed by atoms with van der Waals surface area (Å²) in [6.45, 7) is 4.87. The average molecular weight is 511 g/mol. The molecule has 1 N–H and O–H groups in total. The van der Waals surface area contributed by atoms with Gasteiger partial charge in [0.15, 0.2) is 0 Å². The Morgan fingerprint density at radius 2 is 1.44 bits per heavy atom. The standard InChI is InChI=1S/C28H35ClN4O3/c29-26-20-22(8-9-25(26)27(34)32-14-4-5-15-32)31-16-10-23(11-17-31)36-24-12-18-33(19-13-24)28(35)30-21-6-2-1-3-7-21/h1-3,6-9,20,23-24H,4-5,10-19H2,(H,30,35). The summed E-state index contributed by atoms with van der Waals surface area (Å²) < 4.78 is 6.43. The molecule has 5 rings (SSSR count). The van der Waals surface area contributed by atoms with E-state index in [0.717, 1.165) is 76.1 Å². The fourth-order valence-electron chi connectivity index (χ4n) is 5.41. The van der Waals surface area contributed by atoms with Crippen molar-refractivity contribution in [1.82, 2.24) is 9.80 Å². The molecule has 2 aromatic rings. The molecule has 0 unspecified atom stereocenters. The van der Waals surface area contributed by atoms with Gasteiger partial charge in [-0.05, 0) is 68.9 Å². The number of benzene rings is 2. The van der Waals surface area contributed by atoms with Gasteiger partial charge in [0.05, 0.1) is 22.8 Å². The lowest BCUT2D eigenvalue weighted by atomic mass is 10.0. The number of para-hydroxylation sites is 1. The number of piperidine rings is 2. The van der Waals surface area contributed by atoms with Crippen LogP contribution in [0, 0.1) is 0 Å². The van der Waals surface area contributed by atoms with Gasteiger partial charge in [0.2, 0.25) is 0 Å². The molecule has 3 fully saturated rings. The predicted octanol–water partition coefficient (Wildman–Crippen LogP) is 5.26. The number of nitrogens with zero attached hydrogens (tertiary/aromatic N) is 3. The van der Waals surface area contributed by atoms with E-state index >= 15 is 0 Å². The molecule has 3 aliphatic rings. The third kappa shape index (κ3) is 5.95. The number of amides is 3. The van der Waals surface area contributed by atoms with Crippen LogP contribution in [0.25, 0.3) is 0 Å². The zero-order chi connectivity index (χ0) is 24.9. The smallest absolute Gasteiger partial charge is 0.321 e. The van der Waals surface area contributed by atoms with E-state index in [9.17, 15) is 9.59 Å². The molecule has 0 bridgehead atoms. The molecule has 192 valence electrons. The maximum absolute atomic E-state index is 12.7. The number of ether oxygens (including phenoxy) is 1. The van der Waals surface area contributed by atoms with E-state index in [1.54, 1.807) is 0 Å². The highest BCUT2D eigenvalue weighted by atomic mass is 35.5. The van der Waals surface area contributed by atoms with Gasteiger partial charge in [0.25, 0.3) is 5.91 Å². The summed E-state index contributed by atoms with van der Waals surface area (Å²) in [6, 6.07) is 15.4. The number of rotatable bonds is 5. The first-order chi connectivity index (χ1) is 17.6. The van der Waals surface area contributed by atoms with Gasteiger partial charge in [-0.2, -0.15) is 0 Å². The highest BCUT2D eigenvalue weighted by molar-refractivity contribution is 6.34. The number of hydrogen-bond acceptors (Lipinski definition) is 4. The summed E-state index contributed by atoms with van der Waals surface area (Å²) in [6.07, 6.45) is 6.23. The highest BCUT2D eigenvalue weighted by Crippen LogP contribution is 2.29. The minimum atomic E-state index is -0.0419. The van der Waals surface area contributed by atoms with Crippen LogP contribution in [0.4, 0.5) is 16.2 Å². The van der Waals surface area contributed by atoms with Crippen LogP contribution < -0.4 is 10.2 Å². The van der Waals surface area contributed by atoms with Crippen molar-refractivity contribution in [1.29, 1.82) is 0 Å². The van der Waals surface area contributed by atoms with Gasteiger partial charge in [-0.1, -0.05) is 29.8 Å².